The summed E-state index contributed by atoms with van der Waals surface area (Å²) >= 11 is 0. The van der Waals surface area contributed by atoms with Crippen LogP contribution in [0.25, 0.3) is 10.9 Å². The summed E-state index contributed by atoms with van der Waals surface area (Å²) in [6.07, 6.45) is -0.220. The molecule has 3 rings (SSSR count). The van der Waals surface area contributed by atoms with E-state index in [1.54, 1.807) is 6.92 Å². The second-order valence-corrected chi connectivity index (χ2v) is 5.23. The molecule has 2 atom stereocenters. The molecule has 21 heavy (non-hydrogen) atoms. The molecule has 6 heteroatoms. The minimum Gasteiger partial charge on any atom is -0.478 e. The highest BCUT2D eigenvalue weighted by atomic mass is 19.1. The van der Waals surface area contributed by atoms with Crippen LogP contribution >= 0.6 is 0 Å². The van der Waals surface area contributed by atoms with Crippen molar-refractivity contribution in [3.05, 3.63) is 40.6 Å². The second kappa shape index (κ2) is 4.73. The zero-order valence-corrected chi connectivity index (χ0v) is 11.5. The van der Waals surface area contributed by atoms with Crippen LogP contribution in [0.3, 0.4) is 0 Å². The van der Waals surface area contributed by atoms with Gasteiger partial charge in [0.25, 0.3) is 0 Å². The molecule has 4 nitrogen and oxygen atoms in total. The van der Waals surface area contributed by atoms with E-state index < -0.39 is 23.7 Å². The molecule has 1 aliphatic rings. The number of aromatic carboxylic acids is 1. The number of rotatable bonds is 1. The number of nitrogens with zero attached hydrogens (tertiary/aromatic N) is 1. The molecular weight excluding hydrogens is 280 g/mol. The van der Waals surface area contributed by atoms with E-state index in [4.69, 9.17) is 4.74 Å². The molecule has 0 amide bonds. The number of aromatic nitrogens is 1. The molecule has 0 radical (unpaired) electrons. The predicted octanol–water partition coefficient (Wildman–Crippen LogP) is 3.23. The molecule has 2 heterocycles. The molecule has 0 saturated carbocycles. The third-order valence-corrected chi connectivity index (χ3v) is 3.66. The SMILES string of the molecule is CC1Cc2nc3cc(F)cc(F)c3c(C(=O)O)c2C(C)O1. The summed E-state index contributed by atoms with van der Waals surface area (Å²) < 4.78 is 33.0. The number of pyridine rings is 1. The Hall–Kier alpha value is -2.08. The fourth-order valence-electron chi connectivity index (χ4n) is 2.93. The minimum absolute atomic E-state index is 0.0185. The Morgan fingerprint density at radius 2 is 2.10 bits per heavy atom. The fourth-order valence-corrected chi connectivity index (χ4v) is 2.93. The van der Waals surface area contributed by atoms with Crippen molar-refractivity contribution in [2.75, 3.05) is 0 Å². The van der Waals surface area contributed by atoms with Gasteiger partial charge in [0.05, 0.1) is 34.4 Å². The number of fused-ring (bicyclic) bond motifs is 2. The third kappa shape index (κ3) is 2.15. The summed E-state index contributed by atoms with van der Waals surface area (Å²) in [5.41, 5.74) is 0.728. The number of ether oxygens (including phenoxy) is 1. The van der Waals surface area contributed by atoms with Crippen LogP contribution in [-0.2, 0) is 11.2 Å². The Balaban J connectivity index is 2.45. The number of carboxylic acid groups (broad SMARTS) is 1. The van der Waals surface area contributed by atoms with E-state index in [0.29, 0.717) is 23.7 Å². The highest BCUT2D eigenvalue weighted by molar-refractivity contribution is 6.04. The van der Waals surface area contributed by atoms with Crippen LogP contribution in [0.1, 0.15) is 41.6 Å². The topological polar surface area (TPSA) is 59.4 Å². The summed E-state index contributed by atoms with van der Waals surface area (Å²) in [5, 5.41) is 9.30. The van der Waals surface area contributed by atoms with E-state index in [0.717, 1.165) is 6.07 Å². The Kier molecular flexibility index (Phi) is 3.13. The van der Waals surface area contributed by atoms with Crippen LogP contribution < -0.4 is 0 Å². The zero-order chi connectivity index (χ0) is 15.3. The average Bonchev–Trinajstić information content (AvgIpc) is 2.35. The lowest BCUT2D eigenvalue weighted by atomic mass is 9.92. The Labute approximate surface area is 119 Å². The van der Waals surface area contributed by atoms with Crippen molar-refractivity contribution in [2.24, 2.45) is 0 Å². The van der Waals surface area contributed by atoms with Crippen LogP contribution in [0.2, 0.25) is 0 Å². The van der Waals surface area contributed by atoms with Gasteiger partial charge in [0.15, 0.2) is 0 Å². The van der Waals surface area contributed by atoms with Gasteiger partial charge < -0.3 is 9.84 Å². The number of hydrogen-bond acceptors (Lipinski definition) is 3. The Bertz CT molecular complexity index is 760. The number of halogens is 2. The minimum atomic E-state index is -1.27. The number of hydrogen-bond donors (Lipinski definition) is 1. The van der Waals surface area contributed by atoms with E-state index in [9.17, 15) is 18.7 Å². The number of carboxylic acids is 1. The molecule has 0 bridgehead atoms. The van der Waals surface area contributed by atoms with Crippen LogP contribution in [0.15, 0.2) is 12.1 Å². The molecule has 2 aromatic rings. The molecule has 0 spiro atoms. The van der Waals surface area contributed by atoms with Gasteiger partial charge in [-0.2, -0.15) is 0 Å². The largest absolute Gasteiger partial charge is 0.478 e. The van der Waals surface area contributed by atoms with Gasteiger partial charge in [0, 0.05) is 24.1 Å². The van der Waals surface area contributed by atoms with E-state index in [1.165, 1.54) is 0 Å². The van der Waals surface area contributed by atoms with Gasteiger partial charge in [0.1, 0.15) is 11.6 Å². The fraction of sp³-hybridized carbons (Fsp3) is 0.333. The molecule has 1 aliphatic heterocycles. The normalized spacial score (nSPS) is 21.3. The first-order valence-electron chi connectivity index (χ1n) is 6.58. The maximum Gasteiger partial charge on any atom is 0.336 e. The summed E-state index contributed by atoms with van der Waals surface area (Å²) in [5.74, 6) is -2.98. The van der Waals surface area contributed by atoms with Crippen molar-refractivity contribution in [2.45, 2.75) is 32.5 Å². The van der Waals surface area contributed by atoms with Crippen molar-refractivity contribution in [3.63, 3.8) is 0 Å². The first-order chi connectivity index (χ1) is 9.88. The monoisotopic (exact) mass is 293 g/mol. The van der Waals surface area contributed by atoms with Crippen molar-refractivity contribution in [1.29, 1.82) is 0 Å². The second-order valence-electron chi connectivity index (χ2n) is 5.23. The van der Waals surface area contributed by atoms with Crippen LogP contribution in [0.4, 0.5) is 8.78 Å². The summed E-state index contributed by atoms with van der Waals surface area (Å²) in [7, 11) is 0. The summed E-state index contributed by atoms with van der Waals surface area (Å²) in [6.45, 7) is 3.55. The van der Waals surface area contributed by atoms with Gasteiger partial charge in [-0.15, -0.1) is 0 Å². The predicted molar refractivity (Wildman–Crippen MR) is 71.3 cm³/mol. The highest BCUT2D eigenvalue weighted by Gasteiger charge is 2.31. The van der Waals surface area contributed by atoms with E-state index >= 15 is 0 Å². The van der Waals surface area contributed by atoms with Gasteiger partial charge in [0.2, 0.25) is 0 Å². The van der Waals surface area contributed by atoms with Crippen LogP contribution in [-0.4, -0.2) is 22.2 Å². The quantitative estimate of drug-likeness (QED) is 0.877. The molecule has 2 unspecified atom stereocenters. The lowest BCUT2D eigenvalue weighted by Crippen LogP contribution is -2.26. The van der Waals surface area contributed by atoms with E-state index in [2.05, 4.69) is 4.98 Å². The molecular formula is C15H13F2NO3. The summed E-state index contributed by atoms with van der Waals surface area (Å²) in [4.78, 5) is 15.9. The maximum atomic E-state index is 14.1. The van der Waals surface area contributed by atoms with Gasteiger partial charge in [-0.3, -0.25) is 4.98 Å². The van der Waals surface area contributed by atoms with Crippen LogP contribution in [0, 0.1) is 11.6 Å². The van der Waals surface area contributed by atoms with E-state index in [-0.39, 0.29) is 22.6 Å². The van der Waals surface area contributed by atoms with Gasteiger partial charge >= 0.3 is 5.97 Å². The first kappa shape index (κ1) is 13.9. The third-order valence-electron chi connectivity index (χ3n) is 3.66. The molecule has 1 aromatic carbocycles. The smallest absolute Gasteiger partial charge is 0.336 e. The lowest BCUT2D eigenvalue weighted by molar-refractivity contribution is -0.00662. The van der Waals surface area contributed by atoms with Crippen LogP contribution in [0.5, 0.6) is 0 Å². The van der Waals surface area contributed by atoms with Crippen molar-refractivity contribution < 1.29 is 23.4 Å². The average molecular weight is 293 g/mol. The molecule has 0 aliphatic carbocycles. The Morgan fingerprint density at radius 3 is 2.76 bits per heavy atom. The van der Waals surface area contributed by atoms with Gasteiger partial charge in [-0.1, -0.05) is 0 Å². The molecule has 110 valence electrons. The number of carbonyl (C=O) groups is 1. The molecule has 1 aromatic heterocycles. The van der Waals surface area contributed by atoms with E-state index in [1.807, 2.05) is 6.92 Å². The van der Waals surface area contributed by atoms with Gasteiger partial charge in [-0.05, 0) is 13.8 Å². The van der Waals surface area contributed by atoms with Crippen molar-refractivity contribution in [1.82, 2.24) is 4.98 Å². The lowest BCUT2D eigenvalue weighted by Gasteiger charge is -2.29. The standard InChI is InChI=1S/C15H13F2NO3/c1-6-3-10-12(7(2)21-6)14(15(19)20)13-9(17)4-8(16)5-11(13)18-10/h4-7H,3H2,1-2H3,(H,19,20). The first-order valence-corrected chi connectivity index (χ1v) is 6.58. The number of benzene rings is 1. The molecule has 0 fully saturated rings. The highest BCUT2D eigenvalue weighted by Crippen LogP contribution is 2.36. The van der Waals surface area contributed by atoms with Crippen molar-refractivity contribution in [3.8, 4) is 0 Å². The van der Waals surface area contributed by atoms with Gasteiger partial charge in [-0.25, -0.2) is 13.6 Å². The zero-order valence-electron chi connectivity index (χ0n) is 11.5. The molecule has 1 N–H and O–H groups in total. The Morgan fingerprint density at radius 1 is 1.38 bits per heavy atom. The summed E-state index contributed by atoms with van der Waals surface area (Å²) in [6, 6.07) is 1.72. The molecule has 0 saturated heterocycles. The van der Waals surface area contributed by atoms with Crippen molar-refractivity contribution >= 4 is 16.9 Å². The maximum absolute atomic E-state index is 14.1.